The van der Waals surface area contributed by atoms with Gasteiger partial charge in [0.1, 0.15) is 30.2 Å². The molecule has 0 unspecified atom stereocenters. The van der Waals surface area contributed by atoms with Gasteiger partial charge < -0.3 is 9.64 Å². The third-order valence-electron chi connectivity index (χ3n) is 7.39. The largest absolute Gasteiger partial charge is 0.461 e. The van der Waals surface area contributed by atoms with Crippen LogP contribution in [0.4, 0.5) is 19.0 Å². The topological polar surface area (TPSA) is 54.4 Å². The van der Waals surface area contributed by atoms with E-state index in [-0.39, 0.29) is 52.8 Å². The summed E-state index contributed by atoms with van der Waals surface area (Å²) in [6, 6.07) is -0.760. The van der Waals surface area contributed by atoms with E-state index in [2.05, 4.69) is 15.0 Å². The van der Waals surface area contributed by atoms with Gasteiger partial charge in [0, 0.05) is 31.6 Å². The number of aromatic nitrogens is 3. The average molecular weight is 470 g/mol. The number of pyridine rings is 1. The molecule has 4 fully saturated rings. The molecular formula is C22H25ClF3N5O. The molecule has 4 aliphatic rings. The number of ether oxygens (including phenoxy) is 1. The molecule has 5 atom stereocenters. The van der Waals surface area contributed by atoms with Crippen LogP contribution >= 0.6 is 11.6 Å². The summed E-state index contributed by atoms with van der Waals surface area (Å²) in [5.41, 5.74) is -1.31. The van der Waals surface area contributed by atoms with Crippen molar-refractivity contribution in [1.29, 1.82) is 0 Å². The van der Waals surface area contributed by atoms with Crippen molar-refractivity contribution >= 4 is 28.3 Å². The Labute approximate surface area is 191 Å². The van der Waals surface area contributed by atoms with E-state index >= 15 is 4.39 Å². The molecule has 0 N–H and O–H groups in total. The first-order chi connectivity index (χ1) is 16.2. The van der Waals surface area contributed by atoms with E-state index in [1.807, 2.05) is 0 Å². The number of halogens is 4. The highest BCUT2D eigenvalue weighted by atomic mass is 35.5. The number of rotatable bonds is 4. The van der Waals surface area contributed by atoms with Crippen LogP contribution < -0.4 is 9.64 Å². The molecular weight excluding hydrogens is 443 g/mol. The lowest BCUT2D eigenvalue weighted by Crippen LogP contribution is -2.43. The molecule has 32 heavy (non-hydrogen) atoms. The molecule has 2 aromatic heterocycles. The zero-order chi connectivity index (χ0) is 23.8. The highest BCUT2D eigenvalue weighted by Crippen LogP contribution is 2.48. The first-order valence-corrected chi connectivity index (χ1v) is 11.6. The molecule has 2 aromatic rings. The van der Waals surface area contributed by atoms with E-state index < -0.39 is 30.3 Å². The quantitative estimate of drug-likeness (QED) is 0.628. The number of hydrogen-bond acceptors (Lipinski definition) is 6. The summed E-state index contributed by atoms with van der Waals surface area (Å²) in [4.78, 5) is 16.1. The molecule has 0 spiro atoms. The summed E-state index contributed by atoms with van der Waals surface area (Å²) in [5, 5.41) is -0.119. The van der Waals surface area contributed by atoms with Gasteiger partial charge >= 0.3 is 6.01 Å². The fraction of sp³-hybridized carbons (Fsp3) is 0.682. The maximum absolute atomic E-state index is 15.0. The predicted molar refractivity (Wildman–Crippen MR) is 114 cm³/mol. The van der Waals surface area contributed by atoms with Gasteiger partial charge in [-0.1, -0.05) is 18.0 Å². The van der Waals surface area contributed by atoms with E-state index in [0.717, 1.165) is 25.7 Å². The van der Waals surface area contributed by atoms with Gasteiger partial charge in [-0.25, -0.2) is 18.2 Å². The second kappa shape index (κ2) is 7.58. The van der Waals surface area contributed by atoms with E-state index in [9.17, 15) is 8.78 Å². The lowest BCUT2D eigenvalue weighted by Gasteiger charge is -2.31. The third-order valence-corrected chi connectivity index (χ3v) is 7.65. The van der Waals surface area contributed by atoms with Crippen molar-refractivity contribution in [3.8, 4) is 6.01 Å². The lowest BCUT2D eigenvalue weighted by molar-refractivity contribution is 0.107. The highest BCUT2D eigenvalue weighted by Gasteiger charge is 2.55. The van der Waals surface area contributed by atoms with Crippen LogP contribution in [-0.2, 0) is 0 Å². The zero-order valence-electron chi connectivity index (χ0n) is 19.4. The van der Waals surface area contributed by atoms with Crippen molar-refractivity contribution in [1.82, 2.24) is 19.9 Å². The first-order valence-electron chi connectivity index (χ1n) is 12.2. The fourth-order valence-electron chi connectivity index (χ4n) is 5.77. The van der Waals surface area contributed by atoms with Crippen LogP contribution in [-0.4, -0.2) is 70.0 Å². The Kier molecular flexibility index (Phi) is 4.40. The minimum Gasteiger partial charge on any atom is -0.461 e. The SMILES string of the molecule is [2H]C([2H])(Oc1nc(N2CCCC[C@H]3[C@@H](F)[C@H]32)c2cnc(Cl)c(F)c2n1)[C@@]12CCCN1C[C@H](F)C2. The molecule has 3 saturated heterocycles. The van der Waals surface area contributed by atoms with Crippen molar-refractivity contribution in [2.45, 2.75) is 62.4 Å². The molecule has 5 heterocycles. The Bertz CT molecular complexity index is 1150. The molecule has 6 nitrogen and oxygen atoms in total. The normalized spacial score (nSPS) is 35.8. The van der Waals surface area contributed by atoms with Gasteiger partial charge in [0.2, 0.25) is 0 Å². The summed E-state index contributed by atoms with van der Waals surface area (Å²) >= 11 is 5.91. The van der Waals surface area contributed by atoms with Gasteiger partial charge in [-0.2, -0.15) is 9.97 Å². The Balaban J connectivity index is 1.44. The molecule has 0 radical (unpaired) electrons. The maximum atomic E-state index is 15.0. The number of anilines is 1. The molecule has 3 aliphatic heterocycles. The molecule has 0 amide bonds. The number of hydrogen-bond donors (Lipinski definition) is 0. The van der Waals surface area contributed by atoms with Crippen LogP contribution in [0.5, 0.6) is 6.01 Å². The third kappa shape index (κ3) is 3.22. The van der Waals surface area contributed by atoms with Gasteiger partial charge in [0.05, 0.1) is 19.7 Å². The Morgan fingerprint density at radius 1 is 1.25 bits per heavy atom. The van der Waals surface area contributed by atoms with Gasteiger partial charge in [0.25, 0.3) is 0 Å². The van der Waals surface area contributed by atoms with E-state index in [1.165, 1.54) is 6.20 Å². The van der Waals surface area contributed by atoms with Gasteiger partial charge in [-0.3, -0.25) is 4.90 Å². The summed E-state index contributed by atoms with van der Waals surface area (Å²) in [6.45, 7) is -1.08. The second-order valence-electron chi connectivity index (χ2n) is 9.33. The molecule has 10 heteroatoms. The van der Waals surface area contributed by atoms with E-state index in [4.69, 9.17) is 19.1 Å². The van der Waals surface area contributed by atoms with Crippen molar-refractivity contribution < 1.29 is 20.6 Å². The molecule has 172 valence electrons. The van der Waals surface area contributed by atoms with Gasteiger partial charge in [0.15, 0.2) is 11.0 Å². The van der Waals surface area contributed by atoms with Crippen LogP contribution in [0.3, 0.4) is 0 Å². The summed E-state index contributed by atoms with van der Waals surface area (Å²) < 4.78 is 67.1. The lowest BCUT2D eigenvalue weighted by atomic mass is 9.95. The summed E-state index contributed by atoms with van der Waals surface area (Å²) in [7, 11) is 0. The van der Waals surface area contributed by atoms with E-state index in [1.54, 1.807) is 9.80 Å². The Hall–Kier alpha value is -1.87. The van der Waals surface area contributed by atoms with Crippen LogP contribution in [0.25, 0.3) is 10.9 Å². The minimum atomic E-state index is -2.33. The van der Waals surface area contributed by atoms with Gasteiger partial charge in [-0.15, -0.1) is 0 Å². The van der Waals surface area contributed by atoms with Crippen molar-refractivity contribution in [3.63, 3.8) is 0 Å². The van der Waals surface area contributed by atoms with Crippen LogP contribution in [0.2, 0.25) is 5.15 Å². The number of alkyl halides is 2. The van der Waals surface area contributed by atoms with E-state index in [0.29, 0.717) is 19.5 Å². The minimum absolute atomic E-state index is 0.00393. The Morgan fingerprint density at radius 3 is 3.00 bits per heavy atom. The van der Waals surface area contributed by atoms with Gasteiger partial charge in [-0.05, 0) is 32.2 Å². The zero-order valence-corrected chi connectivity index (χ0v) is 18.2. The van der Waals surface area contributed by atoms with Crippen molar-refractivity contribution in [3.05, 3.63) is 17.2 Å². The molecule has 1 saturated carbocycles. The molecule has 6 rings (SSSR count). The van der Waals surface area contributed by atoms with Crippen LogP contribution in [0.15, 0.2) is 6.20 Å². The monoisotopic (exact) mass is 469 g/mol. The first kappa shape index (κ1) is 18.5. The molecule has 1 aliphatic carbocycles. The maximum Gasteiger partial charge on any atom is 0.319 e. The van der Waals surface area contributed by atoms with Crippen LogP contribution in [0, 0.1) is 11.7 Å². The van der Waals surface area contributed by atoms with Crippen molar-refractivity contribution in [2.75, 3.05) is 31.1 Å². The van der Waals surface area contributed by atoms with Crippen molar-refractivity contribution in [2.24, 2.45) is 5.92 Å². The van der Waals surface area contributed by atoms with Crippen LogP contribution in [0.1, 0.15) is 41.3 Å². The predicted octanol–water partition coefficient (Wildman–Crippen LogP) is 4.10. The molecule has 0 bridgehead atoms. The Morgan fingerprint density at radius 2 is 2.12 bits per heavy atom. The smallest absolute Gasteiger partial charge is 0.319 e. The summed E-state index contributed by atoms with van der Waals surface area (Å²) in [6.07, 6.45) is 2.84. The average Bonchev–Trinajstić information content (AvgIpc) is 3.14. The molecule has 0 aromatic carbocycles. The number of fused-ring (bicyclic) bond motifs is 3. The standard InChI is InChI=1S/C22H25ClF3N5O/c23-19-16(26)17-14(9-27-19)20(31-7-2-1-4-13-15(25)18(13)31)29-21(28-17)32-11-22-5-3-6-30(22)10-12(24)8-22/h9,12-13,15,18H,1-8,10-11H2/t12-,13+,15-,18+,22+/m1/s1/i11D2. The summed E-state index contributed by atoms with van der Waals surface area (Å²) in [5.74, 6) is -0.733. The fourth-order valence-corrected chi connectivity index (χ4v) is 5.91. The highest BCUT2D eigenvalue weighted by molar-refractivity contribution is 6.30. The second-order valence-corrected chi connectivity index (χ2v) is 9.69. The number of nitrogens with zero attached hydrogens (tertiary/aromatic N) is 5.